The highest BCUT2D eigenvalue weighted by Crippen LogP contribution is 2.21. The summed E-state index contributed by atoms with van der Waals surface area (Å²) in [6, 6.07) is 8.93. The molecule has 3 nitrogen and oxygen atoms in total. The molecule has 0 bridgehead atoms. The van der Waals surface area contributed by atoms with E-state index in [1.165, 1.54) is 0 Å². The van der Waals surface area contributed by atoms with E-state index >= 15 is 0 Å². The summed E-state index contributed by atoms with van der Waals surface area (Å²) in [6.07, 6.45) is 0. The van der Waals surface area contributed by atoms with Crippen LogP contribution in [0.5, 0.6) is 0 Å². The summed E-state index contributed by atoms with van der Waals surface area (Å²) in [7, 11) is 0. The van der Waals surface area contributed by atoms with Crippen LogP contribution in [0.15, 0.2) is 29.6 Å². The lowest BCUT2D eigenvalue weighted by molar-refractivity contribution is 0.102. The normalized spacial score (nSPS) is 9.83. The zero-order valence-electron chi connectivity index (χ0n) is 10.2. The minimum absolute atomic E-state index is 0.132. The average Bonchev–Trinajstić information content (AvgIpc) is 2.70. The molecule has 0 aliphatic rings. The van der Waals surface area contributed by atoms with Crippen molar-refractivity contribution in [1.29, 1.82) is 5.26 Å². The number of rotatable bonds is 2. The molecule has 2 rings (SSSR count). The van der Waals surface area contributed by atoms with Crippen molar-refractivity contribution in [2.24, 2.45) is 0 Å². The van der Waals surface area contributed by atoms with Crippen molar-refractivity contribution >= 4 is 22.9 Å². The zero-order chi connectivity index (χ0) is 13.1. The Balaban J connectivity index is 2.22. The van der Waals surface area contributed by atoms with Gasteiger partial charge in [-0.15, -0.1) is 11.3 Å². The van der Waals surface area contributed by atoms with Gasteiger partial charge in [-0.05, 0) is 37.6 Å². The number of hydrogen-bond donors (Lipinski definition) is 1. The first-order valence-corrected chi connectivity index (χ1v) is 6.36. The number of nitriles is 1. The summed E-state index contributed by atoms with van der Waals surface area (Å²) in [6.45, 7) is 3.93. The highest BCUT2D eigenvalue weighted by molar-refractivity contribution is 7.10. The van der Waals surface area contributed by atoms with Crippen molar-refractivity contribution in [2.75, 3.05) is 5.32 Å². The molecule has 90 valence electrons. The van der Waals surface area contributed by atoms with Crippen LogP contribution in [0.3, 0.4) is 0 Å². The van der Waals surface area contributed by atoms with E-state index in [2.05, 4.69) is 5.32 Å². The Morgan fingerprint density at radius 1 is 1.39 bits per heavy atom. The molecule has 2 aromatic rings. The molecule has 1 aromatic carbocycles. The number of hydrogen-bond acceptors (Lipinski definition) is 3. The highest BCUT2D eigenvalue weighted by Gasteiger charge is 2.12. The van der Waals surface area contributed by atoms with E-state index in [0.717, 1.165) is 10.4 Å². The lowest BCUT2D eigenvalue weighted by Gasteiger charge is -2.05. The number of amides is 1. The predicted octanol–water partition coefficient (Wildman–Crippen LogP) is 3.49. The maximum Gasteiger partial charge on any atom is 0.256 e. The fourth-order valence-electron chi connectivity index (χ4n) is 1.60. The number of aryl methyl sites for hydroxylation is 1. The summed E-state index contributed by atoms with van der Waals surface area (Å²) < 4.78 is 0. The smallest absolute Gasteiger partial charge is 0.256 e. The molecule has 1 heterocycles. The first kappa shape index (κ1) is 12.3. The van der Waals surface area contributed by atoms with Gasteiger partial charge in [0.05, 0.1) is 17.2 Å². The van der Waals surface area contributed by atoms with Gasteiger partial charge in [-0.1, -0.05) is 6.07 Å². The first-order valence-electron chi connectivity index (χ1n) is 5.48. The van der Waals surface area contributed by atoms with Gasteiger partial charge in [-0.25, -0.2) is 0 Å². The van der Waals surface area contributed by atoms with E-state index in [0.29, 0.717) is 16.8 Å². The quantitative estimate of drug-likeness (QED) is 0.894. The van der Waals surface area contributed by atoms with Gasteiger partial charge in [-0.3, -0.25) is 4.79 Å². The van der Waals surface area contributed by atoms with E-state index in [1.54, 1.807) is 35.6 Å². The molecule has 4 heteroatoms. The maximum atomic E-state index is 12.1. The van der Waals surface area contributed by atoms with E-state index < -0.39 is 0 Å². The van der Waals surface area contributed by atoms with Crippen LogP contribution in [0.2, 0.25) is 0 Å². The third-order valence-electron chi connectivity index (χ3n) is 2.78. The van der Waals surface area contributed by atoms with Gasteiger partial charge in [0.15, 0.2) is 0 Å². The van der Waals surface area contributed by atoms with E-state index in [-0.39, 0.29) is 5.91 Å². The van der Waals surface area contributed by atoms with Gasteiger partial charge in [-0.2, -0.15) is 5.26 Å². The number of carbonyl (C=O) groups excluding carboxylic acids is 1. The van der Waals surface area contributed by atoms with Crippen molar-refractivity contribution in [1.82, 2.24) is 0 Å². The van der Waals surface area contributed by atoms with Gasteiger partial charge in [0.25, 0.3) is 5.91 Å². The molecular weight excluding hydrogens is 244 g/mol. The minimum atomic E-state index is -0.132. The first-order chi connectivity index (χ1) is 8.61. The summed E-state index contributed by atoms with van der Waals surface area (Å²) in [5.41, 5.74) is 2.88. The SMILES string of the molecule is Cc1scc(C(=O)Nc2cccc(C#N)c2)c1C. The van der Waals surface area contributed by atoms with Crippen LogP contribution in [0, 0.1) is 25.2 Å². The molecule has 0 radical (unpaired) electrons. The molecule has 1 N–H and O–H groups in total. The van der Waals surface area contributed by atoms with Crippen LogP contribution < -0.4 is 5.32 Å². The molecule has 1 aromatic heterocycles. The molecule has 0 unspecified atom stereocenters. The standard InChI is InChI=1S/C14H12N2OS/c1-9-10(2)18-8-13(9)14(17)16-12-5-3-4-11(6-12)7-15/h3-6,8H,1-2H3,(H,16,17). The lowest BCUT2D eigenvalue weighted by Crippen LogP contribution is -2.12. The fraction of sp³-hybridized carbons (Fsp3) is 0.143. The second kappa shape index (κ2) is 5.03. The van der Waals surface area contributed by atoms with Crippen molar-refractivity contribution in [3.63, 3.8) is 0 Å². The van der Waals surface area contributed by atoms with Crippen molar-refractivity contribution in [3.8, 4) is 6.07 Å². The van der Waals surface area contributed by atoms with Gasteiger partial charge in [0.2, 0.25) is 0 Å². The van der Waals surface area contributed by atoms with Crippen LogP contribution in [0.25, 0.3) is 0 Å². The summed E-state index contributed by atoms with van der Waals surface area (Å²) in [5, 5.41) is 13.5. The summed E-state index contributed by atoms with van der Waals surface area (Å²) in [5.74, 6) is -0.132. The van der Waals surface area contributed by atoms with E-state index in [4.69, 9.17) is 5.26 Å². The molecule has 0 saturated heterocycles. The Bertz CT molecular complexity index is 637. The summed E-state index contributed by atoms with van der Waals surface area (Å²) in [4.78, 5) is 13.2. The topological polar surface area (TPSA) is 52.9 Å². The van der Waals surface area contributed by atoms with Gasteiger partial charge in [0.1, 0.15) is 0 Å². The number of nitrogens with one attached hydrogen (secondary N) is 1. The number of nitrogens with zero attached hydrogens (tertiary/aromatic N) is 1. The molecule has 0 spiro atoms. The third-order valence-corrected chi connectivity index (χ3v) is 3.79. The average molecular weight is 256 g/mol. The highest BCUT2D eigenvalue weighted by atomic mass is 32.1. The number of anilines is 1. The molecule has 0 atom stereocenters. The molecule has 18 heavy (non-hydrogen) atoms. The zero-order valence-corrected chi connectivity index (χ0v) is 11.0. The van der Waals surface area contributed by atoms with Crippen LogP contribution in [-0.2, 0) is 0 Å². The van der Waals surface area contributed by atoms with E-state index in [9.17, 15) is 4.79 Å². The minimum Gasteiger partial charge on any atom is -0.322 e. The Hall–Kier alpha value is -2.12. The Morgan fingerprint density at radius 3 is 2.78 bits per heavy atom. The third kappa shape index (κ3) is 2.41. The number of carbonyl (C=O) groups is 1. The Kier molecular flexibility index (Phi) is 3.45. The predicted molar refractivity (Wildman–Crippen MR) is 72.9 cm³/mol. The molecule has 0 aliphatic heterocycles. The van der Waals surface area contributed by atoms with Crippen LogP contribution in [0.1, 0.15) is 26.4 Å². The summed E-state index contributed by atoms with van der Waals surface area (Å²) >= 11 is 1.56. The number of thiophene rings is 1. The second-order valence-corrected chi connectivity index (χ2v) is 5.06. The monoisotopic (exact) mass is 256 g/mol. The number of benzene rings is 1. The van der Waals surface area contributed by atoms with Gasteiger partial charge < -0.3 is 5.32 Å². The van der Waals surface area contributed by atoms with Crippen LogP contribution >= 0.6 is 11.3 Å². The maximum absolute atomic E-state index is 12.1. The van der Waals surface area contributed by atoms with Crippen LogP contribution in [-0.4, -0.2) is 5.91 Å². The molecular formula is C14H12N2OS. The Labute approximate surface area is 110 Å². The van der Waals surface area contributed by atoms with Gasteiger partial charge in [0, 0.05) is 15.9 Å². The Morgan fingerprint density at radius 2 is 2.17 bits per heavy atom. The molecule has 1 amide bonds. The van der Waals surface area contributed by atoms with Crippen molar-refractivity contribution in [3.05, 3.63) is 51.2 Å². The molecule has 0 fully saturated rings. The van der Waals surface area contributed by atoms with Crippen molar-refractivity contribution < 1.29 is 4.79 Å². The largest absolute Gasteiger partial charge is 0.322 e. The van der Waals surface area contributed by atoms with Gasteiger partial charge >= 0.3 is 0 Å². The lowest BCUT2D eigenvalue weighted by atomic mass is 10.1. The van der Waals surface area contributed by atoms with Crippen LogP contribution in [0.4, 0.5) is 5.69 Å². The molecule has 0 saturated carbocycles. The molecule has 0 aliphatic carbocycles. The fourth-order valence-corrected chi connectivity index (χ4v) is 2.47. The van der Waals surface area contributed by atoms with Crippen molar-refractivity contribution in [2.45, 2.75) is 13.8 Å². The second-order valence-electron chi connectivity index (χ2n) is 3.98. The van der Waals surface area contributed by atoms with E-state index in [1.807, 2.05) is 25.3 Å².